The number of nitrogens with zero attached hydrogens (tertiary/aromatic N) is 1. The minimum atomic E-state index is -3.50. The molecule has 0 spiro atoms. The molecule has 24 heavy (non-hydrogen) atoms. The Morgan fingerprint density at radius 2 is 1.67 bits per heavy atom. The van der Waals surface area contributed by atoms with Gasteiger partial charge in [-0.15, -0.1) is 11.3 Å². The maximum atomic E-state index is 12.2. The minimum Gasteiger partial charge on any atom is -0.370 e. The predicted molar refractivity (Wildman–Crippen MR) is 100 cm³/mol. The highest BCUT2D eigenvalue weighted by Gasteiger charge is 2.15. The van der Waals surface area contributed by atoms with Crippen LogP contribution in [0.2, 0.25) is 0 Å². The van der Waals surface area contributed by atoms with Crippen molar-refractivity contribution in [2.75, 3.05) is 16.7 Å². The quantitative estimate of drug-likeness (QED) is 0.719. The van der Waals surface area contributed by atoms with Gasteiger partial charge in [-0.2, -0.15) is 0 Å². The molecule has 0 unspecified atom stereocenters. The first-order chi connectivity index (χ1) is 11.5. The van der Waals surface area contributed by atoms with E-state index in [1.54, 1.807) is 29.6 Å². The first-order valence-corrected chi connectivity index (χ1v) is 9.82. The average Bonchev–Trinajstić information content (AvgIpc) is 3.11. The average molecular weight is 358 g/mol. The van der Waals surface area contributed by atoms with Gasteiger partial charge in [0.1, 0.15) is 4.21 Å². The van der Waals surface area contributed by atoms with Crippen LogP contribution in [0.25, 0.3) is 0 Å². The largest absolute Gasteiger partial charge is 0.370 e. The molecule has 4 nitrogen and oxygen atoms in total. The van der Waals surface area contributed by atoms with Gasteiger partial charge in [-0.25, -0.2) is 8.42 Å². The highest BCUT2D eigenvalue weighted by atomic mass is 32.2. The van der Waals surface area contributed by atoms with E-state index in [9.17, 15) is 8.42 Å². The Bertz CT molecular complexity index is 875. The highest BCUT2D eigenvalue weighted by Crippen LogP contribution is 2.23. The summed E-state index contributed by atoms with van der Waals surface area (Å²) < 4.78 is 27.3. The summed E-state index contributed by atoms with van der Waals surface area (Å²) >= 11 is 1.20. The fourth-order valence-corrected chi connectivity index (χ4v) is 4.41. The first-order valence-electron chi connectivity index (χ1n) is 7.46. The van der Waals surface area contributed by atoms with E-state index in [2.05, 4.69) is 21.8 Å². The van der Waals surface area contributed by atoms with E-state index in [1.165, 1.54) is 16.9 Å². The van der Waals surface area contributed by atoms with Crippen molar-refractivity contribution >= 4 is 32.7 Å². The SMILES string of the molecule is CN(Cc1ccccc1)c1ccc(NS(=O)(=O)c2cccs2)cc1. The van der Waals surface area contributed by atoms with Gasteiger partial charge in [0.15, 0.2) is 0 Å². The van der Waals surface area contributed by atoms with Crippen molar-refractivity contribution in [3.63, 3.8) is 0 Å². The van der Waals surface area contributed by atoms with Crippen molar-refractivity contribution in [3.8, 4) is 0 Å². The van der Waals surface area contributed by atoms with Crippen LogP contribution in [-0.2, 0) is 16.6 Å². The van der Waals surface area contributed by atoms with Crippen LogP contribution in [0.4, 0.5) is 11.4 Å². The molecule has 0 aliphatic heterocycles. The number of hydrogen-bond donors (Lipinski definition) is 1. The molecular weight excluding hydrogens is 340 g/mol. The zero-order chi connectivity index (χ0) is 17.0. The summed E-state index contributed by atoms with van der Waals surface area (Å²) in [5.74, 6) is 0. The normalized spacial score (nSPS) is 11.2. The third-order valence-corrected chi connectivity index (χ3v) is 6.36. The van der Waals surface area contributed by atoms with Crippen LogP contribution in [0.3, 0.4) is 0 Å². The summed E-state index contributed by atoms with van der Waals surface area (Å²) in [6.07, 6.45) is 0. The van der Waals surface area contributed by atoms with Crippen molar-refractivity contribution in [1.29, 1.82) is 0 Å². The summed E-state index contributed by atoms with van der Waals surface area (Å²) in [6.45, 7) is 0.793. The monoisotopic (exact) mass is 358 g/mol. The number of nitrogens with one attached hydrogen (secondary N) is 1. The summed E-state index contributed by atoms with van der Waals surface area (Å²) in [4.78, 5) is 2.12. The molecule has 3 aromatic rings. The molecule has 1 aromatic heterocycles. The van der Waals surface area contributed by atoms with Crippen LogP contribution in [0.1, 0.15) is 5.56 Å². The lowest BCUT2D eigenvalue weighted by Gasteiger charge is -2.20. The number of rotatable bonds is 6. The molecule has 0 aliphatic carbocycles. The molecule has 0 bridgehead atoms. The van der Waals surface area contributed by atoms with Crippen molar-refractivity contribution in [1.82, 2.24) is 0 Å². The fraction of sp³-hybridized carbons (Fsp3) is 0.111. The van der Waals surface area contributed by atoms with Gasteiger partial charge in [0, 0.05) is 25.0 Å². The van der Waals surface area contributed by atoms with Crippen LogP contribution in [-0.4, -0.2) is 15.5 Å². The maximum Gasteiger partial charge on any atom is 0.271 e. The van der Waals surface area contributed by atoms with E-state index in [0.717, 1.165) is 12.2 Å². The van der Waals surface area contributed by atoms with Crippen LogP contribution < -0.4 is 9.62 Å². The van der Waals surface area contributed by atoms with Crippen LogP contribution >= 0.6 is 11.3 Å². The molecule has 0 saturated heterocycles. The molecule has 6 heteroatoms. The van der Waals surface area contributed by atoms with E-state index in [4.69, 9.17) is 0 Å². The molecule has 1 heterocycles. The topological polar surface area (TPSA) is 49.4 Å². The van der Waals surface area contributed by atoms with Crippen molar-refractivity contribution in [2.24, 2.45) is 0 Å². The minimum absolute atomic E-state index is 0.313. The Morgan fingerprint density at radius 3 is 2.29 bits per heavy atom. The first kappa shape index (κ1) is 16.5. The molecule has 0 aliphatic rings. The third kappa shape index (κ3) is 3.96. The smallest absolute Gasteiger partial charge is 0.271 e. The number of thiophene rings is 1. The van der Waals surface area contributed by atoms with Gasteiger partial charge in [0.2, 0.25) is 0 Å². The molecule has 0 amide bonds. The molecular formula is C18H18N2O2S2. The second-order valence-electron chi connectivity index (χ2n) is 5.43. The van der Waals surface area contributed by atoms with E-state index in [1.807, 2.05) is 37.4 Å². The molecule has 0 atom stereocenters. The van der Waals surface area contributed by atoms with Gasteiger partial charge in [0.25, 0.3) is 10.0 Å². The molecule has 0 fully saturated rings. The second kappa shape index (κ2) is 7.07. The van der Waals surface area contributed by atoms with Crippen LogP contribution in [0.5, 0.6) is 0 Å². The Balaban J connectivity index is 1.69. The number of anilines is 2. The van der Waals surface area contributed by atoms with Gasteiger partial charge in [-0.05, 0) is 41.3 Å². The lowest BCUT2D eigenvalue weighted by Crippen LogP contribution is -2.16. The van der Waals surface area contributed by atoms with E-state index >= 15 is 0 Å². The number of hydrogen-bond acceptors (Lipinski definition) is 4. The lowest BCUT2D eigenvalue weighted by atomic mass is 10.2. The summed E-state index contributed by atoms with van der Waals surface area (Å²) in [7, 11) is -1.48. The van der Waals surface area contributed by atoms with Gasteiger partial charge in [-0.1, -0.05) is 36.4 Å². The Kier molecular flexibility index (Phi) is 4.87. The van der Waals surface area contributed by atoms with Crippen molar-refractivity contribution < 1.29 is 8.42 Å². The summed E-state index contributed by atoms with van der Waals surface area (Å²) in [6, 6.07) is 20.9. The van der Waals surface area contributed by atoms with Crippen LogP contribution in [0, 0.1) is 0 Å². The number of sulfonamides is 1. The zero-order valence-corrected chi connectivity index (χ0v) is 14.8. The summed E-state index contributed by atoms with van der Waals surface area (Å²) in [5.41, 5.74) is 2.81. The summed E-state index contributed by atoms with van der Waals surface area (Å²) in [5, 5.41) is 1.75. The molecule has 0 radical (unpaired) electrons. The van der Waals surface area contributed by atoms with E-state index in [0.29, 0.717) is 9.90 Å². The molecule has 124 valence electrons. The maximum absolute atomic E-state index is 12.2. The van der Waals surface area contributed by atoms with E-state index in [-0.39, 0.29) is 0 Å². The number of benzene rings is 2. The fourth-order valence-electron chi connectivity index (χ4n) is 2.35. The van der Waals surface area contributed by atoms with Crippen molar-refractivity contribution in [3.05, 3.63) is 77.7 Å². The standard InChI is InChI=1S/C18H18N2O2S2/c1-20(14-15-6-3-2-4-7-15)17-11-9-16(10-12-17)19-24(21,22)18-8-5-13-23-18/h2-13,19H,14H2,1H3. The second-order valence-corrected chi connectivity index (χ2v) is 8.28. The van der Waals surface area contributed by atoms with Gasteiger partial charge in [0.05, 0.1) is 0 Å². The van der Waals surface area contributed by atoms with Gasteiger partial charge >= 0.3 is 0 Å². The van der Waals surface area contributed by atoms with Gasteiger partial charge < -0.3 is 4.90 Å². The Morgan fingerprint density at radius 1 is 0.958 bits per heavy atom. The predicted octanol–water partition coefficient (Wildman–Crippen LogP) is 4.19. The van der Waals surface area contributed by atoms with Crippen molar-refractivity contribution in [2.45, 2.75) is 10.8 Å². The molecule has 3 rings (SSSR count). The molecule has 2 aromatic carbocycles. The zero-order valence-electron chi connectivity index (χ0n) is 13.2. The third-order valence-electron chi connectivity index (χ3n) is 3.58. The van der Waals surface area contributed by atoms with E-state index < -0.39 is 10.0 Å². The molecule has 1 N–H and O–H groups in total. The van der Waals surface area contributed by atoms with Crippen LogP contribution in [0.15, 0.2) is 76.3 Å². The Hall–Kier alpha value is -2.31. The van der Waals surface area contributed by atoms with Gasteiger partial charge in [-0.3, -0.25) is 4.72 Å². The Labute approximate surface area is 146 Å². The molecule has 0 saturated carbocycles. The highest BCUT2D eigenvalue weighted by molar-refractivity contribution is 7.94. The lowest BCUT2D eigenvalue weighted by molar-refractivity contribution is 0.603.